The third-order valence-corrected chi connectivity index (χ3v) is 7.10. The van der Waals surface area contributed by atoms with Crippen LogP contribution in [0.5, 0.6) is 5.88 Å². The number of nitrogens with one attached hydrogen (secondary N) is 1. The topological polar surface area (TPSA) is 154 Å². The van der Waals surface area contributed by atoms with Crippen LogP contribution in [0.1, 0.15) is 43.8 Å². The normalized spacial score (nSPS) is 17.1. The summed E-state index contributed by atoms with van der Waals surface area (Å²) in [5.41, 5.74) is 1.39. The van der Waals surface area contributed by atoms with E-state index in [9.17, 15) is 13.5 Å². The van der Waals surface area contributed by atoms with Gasteiger partial charge in [-0.25, -0.2) is 23.4 Å². The quantitative estimate of drug-likeness (QED) is 0.453. The molecule has 3 atom stereocenters. The molecule has 182 valence electrons. The summed E-state index contributed by atoms with van der Waals surface area (Å²) in [5.74, 6) is 0.906. The zero-order valence-corrected chi connectivity index (χ0v) is 19.9. The zero-order valence-electron chi connectivity index (χ0n) is 19.1. The first-order valence-corrected chi connectivity index (χ1v) is 12.5. The van der Waals surface area contributed by atoms with Gasteiger partial charge in [0.2, 0.25) is 21.9 Å². The van der Waals surface area contributed by atoms with Gasteiger partial charge >= 0.3 is 0 Å². The molecular formula is C21H27N7O5S. The molecule has 0 bridgehead atoms. The van der Waals surface area contributed by atoms with Gasteiger partial charge in [-0.3, -0.25) is 9.29 Å². The van der Waals surface area contributed by atoms with E-state index in [0.29, 0.717) is 30.3 Å². The Balaban J connectivity index is 1.68. The summed E-state index contributed by atoms with van der Waals surface area (Å²) in [6, 6.07) is 2.83. The Morgan fingerprint density at radius 1 is 1.29 bits per heavy atom. The summed E-state index contributed by atoms with van der Waals surface area (Å²) < 4.78 is 42.4. The molecule has 0 saturated carbocycles. The highest BCUT2D eigenvalue weighted by molar-refractivity contribution is 7.93. The minimum atomic E-state index is -4.04. The molecule has 1 aliphatic rings. The SMILES string of the molecule is CCCO[C@H](c1ncc(C)cn1)[C@H](C)S(=O)(=O)Nc1nnc2n1[C@H](CO)COc1ncccc1-2. The number of anilines is 1. The van der Waals surface area contributed by atoms with E-state index >= 15 is 0 Å². The number of aliphatic hydroxyl groups excluding tert-OH is 1. The fraction of sp³-hybridized carbons (Fsp3) is 0.476. The highest BCUT2D eigenvalue weighted by Gasteiger charge is 2.36. The number of fused-ring (bicyclic) bond motifs is 3. The van der Waals surface area contributed by atoms with Crippen molar-refractivity contribution in [1.29, 1.82) is 0 Å². The molecule has 1 aliphatic heterocycles. The average Bonchev–Trinajstić information content (AvgIpc) is 3.15. The van der Waals surface area contributed by atoms with Gasteiger partial charge < -0.3 is 14.6 Å². The number of nitrogens with zero attached hydrogens (tertiary/aromatic N) is 6. The van der Waals surface area contributed by atoms with E-state index in [1.54, 1.807) is 30.7 Å². The van der Waals surface area contributed by atoms with E-state index < -0.39 is 27.4 Å². The second-order valence-corrected chi connectivity index (χ2v) is 10.0. The third-order valence-electron chi connectivity index (χ3n) is 5.40. The predicted octanol–water partition coefficient (Wildman–Crippen LogP) is 1.66. The second kappa shape index (κ2) is 9.99. The summed E-state index contributed by atoms with van der Waals surface area (Å²) >= 11 is 0. The standard InChI is InChI=1S/C21H27N7O5S/c1-4-8-32-17(18-23-9-13(2)10-24-18)14(3)34(30,31)27-21-26-25-19-16-6-5-7-22-20(16)33-12-15(11-29)28(19)21/h5-7,9-10,14-15,17,29H,4,8,11-12H2,1-3H3,(H,26,27)/t14-,15+,17-/m0/s1. The maximum atomic E-state index is 13.4. The van der Waals surface area contributed by atoms with Crippen LogP contribution in [-0.2, 0) is 14.8 Å². The molecule has 12 nitrogen and oxygen atoms in total. The van der Waals surface area contributed by atoms with E-state index in [-0.39, 0.29) is 25.0 Å². The van der Waals surface area contributed by atoms with Crippen LogP contribution in [0.2, 0.25) is 0 Å². The number of aryl methyl sites for hydroxylation is 1. The van der Waals surface area contributed by atoms with E-state index in [1.165, 1.54) is 11.5 Å². The van der Waals surface area contributed by atoms with Crippen molar-refractivity contribution in [3.63, 3.8) is 0 Å². The lowest BCUT2D eigenvalue weighted by Crippen LogP contribution is -2.34. The molecule has 0 aliphatic carbocycles. The van der Waals surface area contributed by atoms with E-state index in [4.69, 9.17) is 9.47 Å². The molecule has 4 heterocycles. The Kier molecular flexibility index (Phi) is 7.05. The van der Waals surface area contributed by atoms with Crippen LogP contribution in [0.25, 0.3) is 11.4 Å². The Morgan fingerprint density at radius 3 is 2.76 bits per heavy atom. The van der Waals surface area contributed by atoms with E-state index in [2.05, 4.69) is 29.9 Å². The molecule has 0 radical (unpaired) electrons. The minimum absolute atomic E-state index is 0.0414. The number of ether oxygens (including phenoxy) is 2. The monoisotopic (exact) mass is 489 g/mol. The van der Waals surface area contributed by atoms with Gasteiger partial charge in [0.05, 0.1) is 18.2 Å². The summed E-state index contributed by atoms with van der Waals surface area (Å²) in [5, 5.41) is 17.1. The van der Waals surface area contributed by atoms with Crippen molar-refractivity contribution in [1.82, 2.24) is 29.7 Å². The fourth-order valence-electron chi connectivity index (χ4n) is 3.55. The first-order chi connectivity index (χ1) is 16.4. The first kappa shape index (κ1) is 24.0. The average molecular weight is 490 g/mol. The molecule has 13 heteroatoms. The first-order valence-electron chi connectivity index (χ1n) is 10.9. The molecule has 0 unspecified atom stereocenters. The van der Waals surface area contributed by atoms with E-state index in [1.807, 2.05) is 13.8 Å². The molecule has 0 aromatic carbocycles. The Bertz CT molecular complexity index is 1230. The largest absolute Gasteiger partial charge is 0.475 e. The number of sulfonamides is 1. The Morgan fingerprint density at radius 2 is 2.06 bits per heavy atom. The molecule has 3 aromatic heterocycles. The molecule has 0 spiro atoms. The number of aromatic nitrogens is 6. The van der Waals surface area contributed by atoms with E-state index in [0.717, 1.165) is 5.56 Å². The van der Waals surface area contributed by atoms with Crippen molar-refractivity contribution in [2.45, 2.75) is 44.6 Å². The molecule has 2 N–H and O–H groups in total. The molecule has 3 aromatic rings. The number of rotatable bonds is 9. The summed E-state index contributed by atoms with van der Waals surface area (Å²) in [6.45, 7) is 5.39. The van der Waals surface area contributed by atoms with Crippen molar-refractivity contribution < 1.29 is 23.0 Å². The van der Waals surface area contributed by atoms with Gasteiger partial charge in [-0.05, 0) is 38.0 Å². The number of aliphatic hydroxyl groups is 1. The number of hydrogen-bond acceptors (Lipinski definition) is 10. The van der Waals surface area contributed by atoms with Crippen LogP contribution < -0.4 is 9.46 Å². The smallest absolute Gasteiger partial charge is 0.240 e. The minimum Gasteiger partial charge on any atom is -0.475 e. The van der Waals surface area contributed by atoms with Gasteiger partial charge in [-0.15, -0.1) is 10.2 Å². The van der Waals surface area contributed by atoms with Crippen LogP contribution in [0.3, 0.4) is 0 Å². The fourth-order valence-corrected chi connectivity index (χ4v) is 4.65. The van der Waals surface area contributed by atoms with Crippen LogP contribution in [-0.4, -0.2) is 68.3 Å². The van der Waals surface area contributed by atoms with Gasteiger partial charge in [0.25, 0.3) is 0 Å². The maximum absolute atomic E-state index is 13.4. The van der Waals surface area contributed by atoms with Gasteiger partial charge in [0.15, 0.2) is 11.6 Å². The van der Waals surface area contributed by atoms with Gasteiger partial charge in [-0.1, -0.05) is 6.92 Å². The van der Waals surface area contributed by atoms with Crippen molar-refractivity contribution in [2.75, 3.05) is 24.5 Å². The summed E-state index contributed by atoms with van der Waals surface area (Å²) in [7, 11) is -4.04. The lowest BCUT2D eigenvalue weighted by molar-refractivity contribution is 0.0466. The van der Waals surface area contributed by atoms with Crippen molar-refractivity contribution in [3.05, 3.63) is 42.1 Å². The zero-order chi connectivity index (χ0) is 24.3. The highest BCUT2D eigenvalue weighted by Crippen LogP contribution is 2.35. The van der Waals surface area contributed by atoms with Crippen molar-refractivity contribution in [2.24, 2.45) is 0 Å². The summed E-state index contributed by atoms with van der Waals surface area (Å²) in [6.07, 6.45) is 4.62. The van der Waals surface area contributed by atoms with Crippen LogP contribution >= 0.6 is 0 Å². The lowest BCUT2D eigenvalue weighted by Gasteiger charge is -2.24. The molecule has 4 rings (SSSR count). The molecule has 0 saturated heterocycles. The van der Waals surface area contributed by atoms with Crippen molar-refractivity contribution in [3.8, 4) is 17.3 Å². The van der Waals surface area contributed by atoms with Gasteiger partial charge in [0, 0.05) is 25.2 Å². The maximum Gasteiger partial charge on any atom is 0.240 e. The van der Waals surface area contributed by atoms with Crippen LogP contribution in [0.15, 0.2) is 30.7 Å². The Hall–Kier alpha value is -3.16. The van der Waals surface area contributed by atoms with Gasteiger partial charge in [-0.2, -0.15) is 0 Å². The number of hydrogen-bond donors (Lipinski definition) is 2. The predicted molar refractivity (Wildman–Crippen MR) is 123 cm³/mol. The summed E-state index contributed by atoms with van der Waals surface area (Å²) in [4.78, 5) is 12.8. The van der Waals surface area contributed by atoms with Crippen LogP contribution in [0, 0.1) is 6.92 Å². The lowest BCUT2D eigenvalue weighted by atomic mass is 10.2. The molecule has 0 amide bonds. The second-order valence-electron chi connectivity index (χ2n) is 7.98. The Labute approximate surface area is 197 Å². The van der Waals surface area contributed by atoms with Gasteiger partial charge in [0.1, 0.15) is 18.0 Å². The molecular weight excluding hydrogens is 462 g/mol. The highest BCUT2D eigenvalue weighted by atomic mass is 32.2. The van der Waals surface area contributed by atoms with Crippen LogP contribution in [0.4, 0.5) is 5.95 Å². The molecule has 0 fully saturated rings. The van der Waals surface area contributed by atoms with Crippen molar-refractivity contribution >= 4 is 16.0 Å². The number of pyridine rings is 1. The molecule has 34 heavy (non-hydrogen) atoms. The third kappa shape index (κ3) is 4.72.